The fourth-order valence-corrected chi connectivity index (χ4v) is 1.28. The molecule has 0 amide bonds. The Hall–Kier alpha value is -0.410. The molecule has 3 heteroatoms. The lowest BCUT2D eigenvalue weighted by Crippen LogP contribution is -2.48. The summed E-state index contributed by atoms with van der Waals surface area (Å²) in [5, 5.41) is 9.40. The molecular formula is C7H12O3. The topological polar surface area (TPSA) is 46.5 Å². The smallest absolute Gasteiger partial charge is 0.122 e. The van der Waals surface area contributed by atoms with Crippen molar-refractivity contribution in [1.82, 2.24) is 0 Å². The standard InChI is InChI=1S/C7H12O3/c1-10-6-4-7(9,5-6)2-3-8/h3,6,9H,2,4-5H2,1H3. The third kappa shape index (κ3) is 1.36. The first kappa shape index (κ1) is 7.69. The lowest BCUT2D eigenvalue weighted by molar-refractivity contribution is -0.139. The average Bonchev–Trinajstić information content (AvgIpc) is 1.83. The van der Waals surface area contributed by atoms with E-state index in [2.05, 4.69) is 0 Å². The Balaban J connectivity index is 2.27. The Kier molecular flexibility index (Phi) is 2.06. The predicted octanol–water partition coefficient (Wildman–Crippen LogP) is 0.115. The van der Waals surface area contributed by atoms with Crippen LogP contribution in [0.25, 0.3) is 0 Å². The Morgan fingerprint density at radius 2 is 2.40 bits per heavy atom. The Labute approximate surface area is 60.0 Å². The highest BCUT2D eigenvalue weighted by Gasteiger charge is 2.42. The van der Waals surface area contributed by atoms with Gasteiger partial charge < -0.3 is 14.6 Å². The molecule has 0 bridgehead atoms. The maximum atomic E-state index is 10.0. The van der Waals surface area contributed by atoms with Gasteiger partial charge in [-0.1, -0.05) is 0 Å². The Morgan fingerprint density at radius 1 is 1.80 bits per heavy atom. The maximum absolute atomic E-state index is 10.0. The van der Waals surface area contributed by atoms with Crippen LogP contribution in [0.15, 0.2) is 0 Å². The zero-order chi connectivity index (χ0) is 7.61. The highest BCUT2D eigenvalue weighted by molar-refractivity contribution is 5.51. The van der Waals surface area contributed by atoms with Crippen molar-refractivity contribution in [3.8, 4) is 0 Å². The third-order valence-corrected chi connectivity index (χ3v) is 2.01. The summed E-state index contributed by atoms with van der Waals surface area (Å²) in [6, 6.07) is 0. The molecular weight excluding hydrogens is 132 g/mol. The summed E-state index contributed by atoms with van der Waals surface area (Å²) in [4.78, 5) is 10.0. The normalized spacial score (nSPS) is 38.8. The molecule has 0 aromatic carbocycles. The molecule has 0 aliphatic heterocycles. The van der Waals surface area contributed by atoms with Crippen molar-refractivity contribution >= 4 is 6.29 Å². The van der Waals surface area contributed by atoms with E-state index in [-0.39, 0.29) is 12.5 Å². The number of ether oxygens (including phenoxy) is 1. The first-order valence-electron chi connectivity index (χ1n) is 3.39. The van der Waals surface area contributed by atoms with Crippen molar-refractivity contribution in [3.63, 3.8) is 0 Å². The quantitative estimate of drug-likeness (QED) is 0.572. The number of aliphatic hydroxyl groups is 1. The first-order chi connectivity index (χ1) is 4.70. The van der Waals surface area contributed by atoms with E-state index in [1.807, 2.05) is 0 Å². The van der Waals surface area contributed by atoms with Crippen molar-refractivity contribution in [2.45, 2.75) is 31.0 Å². The van der Waals surface area contributed by atoms with Crippen molar-refractivity contribution in [1.29, 1.82) is 0 Å². The molecule has 58 valence electrons. The van der Waals surface area contributed by atoms with Crippen LogP contribution in [-0.2, 0) is 9.53 Å². The predicted molar refractivity (Wildman–Crippen MR) is 35.7 cm³/mol. The number of aldehydes is 1. The minimum Gasteiger partial charge on any atom is -0.389 e. The van der Waals surface area contributed by atoms with Gasteiger partial charge in [0.2, 0.25) is 0 Å². The number of hydrogen-bond donors (Lipinski definition) is 1. The molecule has 1 aliphatic carbocycles. The highest BCUT2D eigenvalue weighted by Crippen LogP contribution is 2.35. The minimum atomic E-state index is -0.748. The van der Waals surface area contributed by atoms with Crippen molar-refractivity contribution < 1.29 is 14.6 Å². The van der Waals surface area contributed by atoms with E-state index in [1.54, 1.807) is 7.11 Å². The van der Waals surface area contributed by atoms with Crippen molar-refractivity contribution in [2.24, 2.45) is 0 Å². The number of hydrogen-bond acceptors (Lipinski definition) is 3. The fourth-order valence-electron chi connectivity index (χ4n) is 1.28. The average molecular weight is 144 g/mol. The van der Waals surface area contributed by atoms with Crippen LogP contribution < -0.4 is 0 Å². The summed E-state index contributed by atoms with van der Waals surface area (Å²) in [6.07, 6.45) is 2.36. The van der Waals surface area contributed by atoms with Gasteiger partial charge in [0.25, 0.3) is 0 Å². The summed E-state index contributed by atoms with van der Waals surface area (Å²) >= 11 is 0. The van der Waals surface area contributed by atoms with E-state index >= 15 is 0 Å². The van der Waals surface area contributed by atoms with Gasteiger partial charge in [0, 0.05) is 26.4 Å². The van der Waals surface area contributed by atoms with Gasteiger partial charge in [0.1, 0.15) is 6.29 Å². The molecule has 0 atom stereocenters. The van der Waals surface area contributed by atoms with Gasteiger partial charge in [-0.25, -0.2) is 0 Å². The number of methoxy groups -OCH3 is 1. The number of rotatable bonds is 3. The monoisotopic (exact) mass is 144 g/mol. The molecule has 0 aromatic heterocycles. The van der Waals surface area contributed by atoms with E-state index in [0.717, 1.165) is 6.29 Å². The molecule has 0 radical (unpaired) electrons. The van der Waals surface area contributed by atoms with E-state index in [4.69, 9.17) is 4.74 Å². The van der Waals surface area contributed by atoms with Gasteiger partial charge in [-0.05, 0) is 0 Å². The summed E-state index contributed by atoms with van der Waals surface area (Å²) in [5.41, 5.74) is -0.748. The van der Waals surface area contributed by atoms with Crippen LogP contribution in [0.2, 0.25) is 0 Å². The Morgan fingerprint density at radius 3 is 2.80 bits per heavy atom. The van der Waals surface area contributed by atoms with Crippen LogP contribution in [0.4, 0.5) is 0 Å². The molecule has 10 heavy (non-hydrogen) atoms. The summed E-state index contributed by atoms with van der Waals surface area (Å²) < 4.78 is 4.95. The minimum absolute atomic E-state index is 0.157. The van der Waals surface area contributed by atoms with Crippen LogP contribution in [0.1, 0.15) is 19.3 Å². The van der Waals surface area contributed by atoms with Crippen molar-refractivity contribution in [3.05, 3.63) is 0 Å². The lowest BCUT2D eigenvalue weighted by atomic mass is 9.76. The maximum Gasteiger partial charge on any atom is 0.122 e. The zero-order valence-corrected chi connectivity index (χ0v) is 6.04. The molecule has 0 unspecified atom stereocenters. The van der Waals surface area contributed by atoms with Crippen molar-refractivity contribution in [2.75, 3.05) is 7.11 Å². The second kappa shape index (κ2) is 2.68. The van der Waals surface area contributed by atoms with Gasteiger partial charge in [-0.2, -0.15) is 0 Å². The van der Waals surface area contributed by atoms with Crippen LogP contribution in [0, 0.1) is 0 Å². The van der Waals surface area contributed by atoms with E-state index in [0.29, 0.717) is 12.8 Å². The van der Waals surface area contributed by atoms with E-state index in [1.165, 1.54) is 0 Å². The van der Waals surface area contributed by atoms with Crippen LogP contribution in [0.5, 0.6) is 0 Å². The van der Waals surface area contributed by atoms with Gasteiger partial charge >= 0.3 is 0 Å². The second-order valence-electron chi connectivity index (χ2n) is 2.86. The van der Waals surface area contributed by atoms with Gasteiger partial charge in [0.05, 0.1) is 11.7 Å². The zero-order valence-electron chi connectivity index (χ0n) is 6.04. The molecule has 0 spiro atoms. The highest BCUT2D eigenvalue weighted by atomic mass is 16.5. The number of carbonyl (C=O) groups excluding carboxylic acids is 1. The number of carbonyl (C=O) groups is 1. The SMILES string of the molecule is COC1CC(O)(CC=O)C1. The van der Waals surface area contributed by atoms with Crippen LogP contribution in [0.3, 0.4) is 0 Å². The molecule has 0 aromatic rings. The van der Waals surface area contributed by atoms with Gasteiger partial charge in [-0.15, -0.1) is 0 Å². The molecule has 0 saturated heterocycles. The third-order valence-electron chi connectivity index (χ3n) is 2.01. The first-order valence-corrected chi connectivity index (χ1v) is 3.39. The lowest BCUT2D eigenvalue weighted by Gasteiger charge is -2.41. The van der Waals surface area contributed by atoms with E-state index in [9.17, 15) is 9.90 Å². The largest absolute Gasteiger partial charge is 0.389 e. The summed E-state index contributed by atoms with van der Waals surface area (Å²) in [5.74, 6) is 0. The van der Waals surface area contributed by atoms with Gasteiger partial charge in [-0.3, -0.25) is 0 Å². The van der Waals surface area contributed by atoms with E-state index < -0.39 is 5.60 Å². The fraction of sp³-hybridized carbons (Fsp3) is 0.857. The molecule has 0 heterocycles. The van der Waals surface area contributed by atoms with Gasteiger partial charge in [0.15, 0.2) is 0 Å². The molecule has 1 fully saturated rings. The molecule has 1 aliphatic rings. The second-order valence-corrected chi connectivity index (χ2v) is 2.86. The molecule has 3 nitrogen and oxygen atoms in total. The van der Waals surface area contributed by atoms with Crippen LogP contribution in [-0.4, -0.2) is 30.2 Å². The molecule has 1 saturated carbocycles. The summed E-state index contributed by atoms with van der Waals surface area (Å²) in [6.45, 7) is 0. The summed E-state index contributed by atoms with van der Waals surface area (Å²) in [7, 11) is 1.62. The molecule has 1 N–H and O–H groups in total. The van der Waals surface area contributed by atoms with Crippen LogP contribution >= 0.6 is 0 Å². The molecule has 1 rings (SSSR count). The Bertz CT molecular complexity index is 127.